The number of phenolic OH excluding ortho intramolecular Hbond substituents is 1. The summed E-state index contributed by atoms with van der Waals surface area (Å²) in [6, 6.07) is 9.52. The summed E-state index contributed by atoms with van der Waals surface area (Å²) >= 11 is 6.18. The minimum atomic E-state index is -4.86. The standard InChI is InChI=1S/C22H13ClF4N2O3/c23-15-6-5-11(24)9-13(15)19-18-12(21(32)29-19)2-1-3-16(18)28-20(31)10-4-7-17(30)14(8-10)22(25,26)27/h1-9,19,30H,(H,28,31)(H,29,32). The van der Waals surface area contributed by atoms with Gasteiger partial charge in [0.1, 0.15) is 11.6 Å². The highest BCUT2D eigenvalue weighted by atomic mass is 35.5. The summed E-state index contributed by atoms with van der Waals surface area (Å²) in [5, 5.41) is 14.8. The number of aromatic hydroxyl groups is 1. The van der Waals surface area contributed by atoms with Gasteiger partial charge in [0, 0.05) is 33.0 Å². The number of nitrogens with one attached hydrogen (secondary N) is 2. The molecule has 1 unspecified atom stereocenters. The minimum absolute atomic E-state index is 0.137. The lowest BCUT2D eigenvalue weighted by Crippen LogP contribution is -2.21. The molecule has 0 saturated carbocycles. The van der Waals surface area contributed by atoms with E-state index < -0.39 is 41.2 Å². The van der Waals surface area contributed by atoms with Gasteiger partial charge in [-0.3, -0.25) is 9.59 Å². The molecule has 32 heavy (non-hydrogen) atoms. The Bertz CT molecular complexity index is 1260. The number of fused-ring (bicyclic) bond motifs is 1. The smallest absolute Gasteiger partial charge is 0.419 e. The second-order valence-corrected chi connectivity index (χ2v) is 7.43. The Morgan fingerprint density at radius 2 is 1.84 bits per heavy atom. The van der Waals surface area contributed by atoms with Crippen molar-refractivity contribution < 1.29 is 32.3 Å². The first-order valence-corrected chi connectivity index (χ1v) is 9.54. The molecule has 1 heterocycles. The molecule has 2 amide bonds. The quantitative estimate of drug-likeness (QED) is 0.461. The summed E-state index contributed by atoms with van der Waals surface area (Å²) < 4.78 is 53.0. The topological polar surface area (TPSA) is 78.4 Å². The molecule has 0 spiro atoms. The number of halogens is 5. The van der Waals surface area contributed by atoms with E-state index in [4.69, 9.17) is 11.6 Å². The summed E-state index contributed by atoms with van der Waals surface area (Å²) in [6.07, 6.45) is -4.86. The van der Waals surface area contributed by atoms with E-state index in [2.05, 4.69) is 10.6 Å². The molecule has 0 aliphatic carbocycles. The van der Waals surface area contributed by atoms with Crippen molar-refractivity contribution in [3.8, 4) is 5.75 Å². The lowest BCUT2D eigenvalue weighted by atomic mass is 9.96. The van der Waals surface area contributed by atoms with Crippen molar-refractivity contribution >= 4 is 29.1 Å². The lowest BCUT2D eigenvalue weighted by molar-refractivity contribution is -0.138. The zero-order valence-electron chi connectivity index (χ0n) is 15.9. The van der Waals surface area contributed by atoms with Gasteiger partial charge in [-0.15, -0.1) is 0 Å². The third-order valence-electron chi connectivity index (χ3n) is 5.00. The van der Waals surface area contributed by atoms with Gasteiger partial charge in [-0.25, -0.2) is 4.39 Å². The fraction of sp³-hybridized carbons (Fsp3) is 0.0909. The van der Waals surface area contributed by atoms with Crippen molar-refractivity contribution in [1.82, 2.24) is 5.32 Å². The molecule has 4 rings (SSSR count). The predicted molar refractivity (Wildman–Crippen MR) is 108 cm³/mol. The highest BCUT2D eigenvalue weighted by molar-refractivity contribution is 6.31. The molecule has 3 N–H and O–H groups in total. The van der Waals surface area contributed by atoms with Gasteiger partial charge in [0.15, 0.2) is 0 Å². The van der Waals surface area contributed by atoms with Gasteiger partial charge >= 0.3 is 6.18 Å². The van der Waals surface area contributed by atoms with Crippen LogP contribution in [0.2, 0.25) is 5.02 Å². The van der Waals surface area contributed by atoms with Gasteiger partial charge in [-0.05, 0) is 48.5 Å². The largest absolute Gasteiger partial charge is 0.507 e. The van der Waals surface area contributed by atoms with E-state index in [1.54, 1.807) is 0 Å². The third-order valence-corrected chi connectivity index (χ3v) is 5.34. The Labute approximate surface area is 183 Å². The van der Waals surface area contributed by atoms with Gasteiger partial charge in [-0.2, -0.15) is 13.2 Å². The molecule has 164 valence electrons. The van der Waals surface area contributed by atoms with E-state index in [1.807, 2.05) is 0 Å². The summed E-state index contributed by atoms with van der Waals surface area (Å²) in [5.41, 5.74) is -0.819. The van der Waals surface area contributed by atoms with Crippen molar-refractivity contribution in [3.05, 3.63) is 93.3 Å². The number of rotatable bonds is 3. The van der Waals surface area contributed by atoms with E-state index >= 15 is 0 Å². The molecule has 0 aromatic heterocycles. The molecular formula is C22H13ClF4N2O3. The number of anilines is 1. The molecule has 0 bridgehead atoms. The second kappa shape index (κ2) is 7.83. The fourth-order valence-corrected chi connectivity index (χ4v) is 3.76. The maximum Gasteiger partial charge on any atom is 0.419 e. The van der Waals surface area contributed by atoms with Crippen LogP contribution in [0.25, 0.3) is 0 Å². The first kappa shape index (κ1) is 21.6. The summed E-state index contributed by atoms with van der Waals surface area (Å²) in [4.78, 5) is 25.1. The van der Waals surface area contributed by atoms with Crippen molar-refractivity contribution in [3.63, 3.8) is 0 Å². The molecule has 5 nitrogen and oxygen atoms in total. The van der Waals surface area contributed by atoms with Crippen LogP contribution in [0, 0.1) is 5.82 Å². The van der Waals surface area contributed by atoms with E-state index in [0.29, 0.717) is 11.6 Å². The van der Waals surface area contributed by atoms with Gasteiger partial charge in [0.2, 0.25) is 0 Å². The zero-order valence-corrected chi connectivity index (χ0v) is 16.7. The number of amides is 2. The van der Waals surface area contributed by atoms with Crippen LogP contribution in [0.4, 0.5) is 23.2 Å². The summed E-state index contributed by atoms with van der Waals surface area (Å²) in [7, 11) is 0. The molecule has 10 heteroatoms. The molecule has 1 aliphatic heterocycles. The second-order valence-electron chi connectivity index (χ2n) is 7.02. The predicted octanol–water partition coefficient (Wildman–Crippen LogP) is 5.29. The van der Waals surface area contributed by atoms with Crippen molar-refractivity contribution in [2.75, 3.05) is 5.32 Å². The Hall–Kier alpha value is -3.59. The Morgan fingerprint density at radius 3 is 2.56 bits per heavy atom. The zero-order chi connectivity index (χ0) is 23.2. The van der Waals surface area contributed by atoms with Crippen LogP contribution in [0.3, 0.4) is 0 Å². The highest BCUT2D eigenvalue weighted by Crippen LogP contribution is 2.40. The molecule has 1 aliphatic rings. The molecule has 3 aromatic rings. The van der Waals surface area contributed by atoms with E-state index in [-0.39, 0.29) is 27.4 Å². The Morgan fingerprint density at radius 1 is 1.09 bits per heavy atom. The molecule has 3 aromatic carbocycles. The van der Waals surface area contributed by atoms with Crippen LogP contribution in [-0.4, -0.2) is 16.9 Å². The lowest BCUT2D eigenvalue weighted by Gasteiger charge is -2.18. The molecule has 0 fully saturated rings. The van der Waals surface area contributed by atoms with Crippen molar-refractivity contribution in [2.24, 2.45) is 0 Å². The first-order chi connectivity index (χ1) is 15.1. The molecule has 0 saturated heterocycles. The van der Waals surface area contributed by atoms with Gasteiger partial charge in [0.25, 0.3) is 11.8 Å². The number of carbonyl (C=O) groups excluding carboxylic acids is 2. The minimum Gasteiger partial charge on any atom is -0.507 e. The monoisotopic (exact) mass is 464 g/mol. The van der Waals surface area contributed by atoms with Crippen LogP contribution in [0.15, 0.2) is 54.6 Å². The first-order valence-electron chi connectivity index (χ1n) is 9.16. The van der Waals surface area contributed by atoms with Crippen LogP contribution in [0.5, 0.6) is 5.75 Å². The molecule has 0 radical (unpaired) electrons. The average Bonchev–Trinajstić information content (AvgIpc) is 3.06. The van der Waals surface area contributed by atoms with Crippen LogP contribution in [0.1, 0.15) is 43.4 Å². The summed E-state index contributed by atoms with van der Waals surface area (Å²) in [5.74, 6) is -2.97. The van der Waals surface area contributed by atoms with Crippen molar-refractivity contribution in [1.29, 1.82) is 0 Å². The maximum atomic E-state index is 13.8. The number of benzene rings is 3. The number of hydrogen-bond donors (Lipinski definition) is 3. The van der Waals surface area contributed by atoms with E-state index in [9.17, 15) is 32.3 Å². The molecular weight excluding hydrogens is 452 g/mol. The number of carbonyl (C=O) groups is 2. The maximum absolute atomic E-state index is 13.8. The summed E-state index contributed by atoms with van der Waals surface area (Å²) in [6.45, 7) is 0. The van der Waals surface area contributed by atoms with E-state index in [1.165, 1.54) is 24.3 Å². The van der Waals surface area contributed by atoms with Gasteiger partial charge in [-0.1, -0.05) is 17.7 Å². The van der Waals surface area contributed by atoms with Crippen LogP contribution in [-0.2, 0) is 6.18 Å². The number of phenols is 1. The molecule has 1 atom stereocenters. The fourth-order valence-electron chi connectivity index (χ4n) is 3.53. The number of hydrogen-bond acceptors (Lipinski definition) is 3. The highest BCUT2D eigenvalue weighted by Gasteiger charge is 2.36. The number of alkyl halides is 3. The van der Waals surface area contributed by atoms with Gasteiger partial charge in [0.05, 0.1) is 11.6 Å². The van der Waals surface area contributed by atoms with E-state index in [0.717, 1.165) is 24.3 Å². The van der Waals surface area contributed by atoms with Crippen LogP contribution < -0.4 is 10.6 Å². The SMILES string of the molecule is O=C(Nc1cccc2c1C(c1cc(F)ccc1Cl)NC2=O)c1ccc(O)c(C(F)(F)F)c1. The third kappa shape index (κ3) is 3.87. The normalized spacial score (nSPS) is 15.3. The average molecular weight is 465 g/mol. The van der Waals surface area contributed by atoms with Crippen molar-refractivity contribution in [2.45, 2.75) is 12.2 Å². The Balaban J connectivity index is 1.74. The van der Waals surface area contributed by atoms with Crippen LogP contribution >= 0.6 is 11.6 Å². The Kier molecular flexibility index (Phi) is 5.29. The van der Waals surface area contributed by atoms with Gasteiger partial charge < -0.3 is 15.7 Å².